The van der Waals surface area contributed by atoms with Gasteiger partial charge in [-0.15, -0.1) is 0 Å². The molecule has 0 fully saturated rings. The molecule has 1 N–H and O–H groups in total. The first-order valence-electron chi connectivity index (χ1n) is 7.07. The number of aromatic nitrogens is 1. The van der Waals surface area contributed by atoms with Crippen molar-refractivity contribution < 1.29 is 9.59 Å². The average molecular weight is 309 g/mol. The molecule has 2 rings (SSSR count). The summed E-state index contributed by atoms with van der Waals surface area (Å²) >= 11 is 1.31. The second-order valence-electron chi connectivity index (χ2n) is 7.45. The number of rotatable bonds is 1. The molecule has 116 valence electrons. The highest BCUT2D eigenvalue weighted by Crippen LogP contribution is 2.39. The van der Waals surface area contributed by atoms with Crippen LogP contribution >= 0.6 is 11.3 Å². The van der Waals surface area contributed by atoms with Gasteiger partial charge in [-0.25, -0.2) is 9.78 Å². The summed E-state index contributed by atoms with van der Waals surface area (Å²) in [5.41, 5.74) is 0.466. The number of amides is 2. The Morgan fingerprint density at radius 1 is 1.33 bits per heavy atom. The van der Waals surface area contributed by atoms with Gasteiger partial charge in [0.2, 0.25) is 0 Å². The van der Waals surface area contributed by atoms with Crippen LogP contribution in [0.3, 0.4) is 0 Å². The second kappa shape index (κ2) is 5.09. The van der Waals surface area contributed by atoms with Crippen molar-refractivity contribution in [2.45, 2.75) is 53.0 Å². The third-order valence-electron chi connectivity index (χ3n) is 3.30. The van der Waals surface area contributed by atoms with Crippen molar-refractivity contribution in [2.75, 3.05) is 11.9 Å². The van der Waals surface area contributed by atoms with E-state index in [0.717, 1.165) is 12.1 Å². The van der Waals surface area contributed by atoms with E-state index in [4.69, 9.17) is 0 Å². The first kappa shape index (κ1) is 15.9. The first-order chi connectivity index (χ1) is 9.48. The SMILES string of the molecule is CN(C(=O)NC(C)(C)C)c1nc2c(s1)C(=O)CC(C)(C)C2. The van der Waals surface area contributed by atoms with Gasteiger partial charge in [-0.05, 0) is 32.6 Å². The Bertz CT molecular complexity index is 584. The fourth-order valence-corrected chi connectivity index (χ4v) is 3.32. The van der Waals surface area contributed by atoms with E-state index in [1.54, 1.807) is 7.05 Å². The fourth-order valence-electron chi connectivity index (χ4n) is 2.34. The number of carbonyl (C=O) groups excluding carboxylic acids is 2. The largest absolute Gasteiger partial charge is 0.333 e. The molecule has 1 heterocycles. The maximum Gasteiger partial charge on any atom is 0.323 e. The predicted octanol–water partition coefficient (Wildman–Crippen LogP) is 3.24. The fraction of sp³-hybridized carbons (Fsp3) is 0.667. The van der Waals surface area contributed by atoms with E-state index in [1.807, 2.05) is 20.8 Å². The molecular formula is C15H23N3O2S. The third kappa shape index (κ3) is 3.61. The highest BCUT2D eigenvalue weighted by atomic mass is 32.1. The summed E-state index contributed by atoms with van der Waals surface area (Å²) in [6, 6.07) is -0.208. The molecule has 0 radical (unpaired) electrons. The average Bonchev–Trinajstić information content (AvgIpc) is 2.67. The van der Waals surface area contributed by atoms with Gasteiger partial charge in [0.15, 0.2) is 10.9 Å². The number of anilines is 1. The monoisotopic (exact) mass is 309 g/mol. The number of nitrogens with one attached hydrogen (secondary N) is 1. The second-order valence-corrected chi connectivity index (χ2v) is 8.43. The lowest BCUT2D eigenvalue weighted by Gasteiger charge is -2.26. The summed E-state index contributed by atoms with van der Waals surface area (Å²) in [7, 11) is 1.68. The van der Waals surface area contributed by atoms with E-state index in [2.05, 4.69) is 24.1 Å². The molecular weight excluding hydrogens is 286 g/mol. The van der Waals surface area contributed by atoms with Crippen LogP contribution < -0.4 is 10.2 Å². The zero-order valence-corrected chi connectivity index (χ0v) is 14.3. The molecule has 1 aromatic heterocycles. The van der Waals surface area contributed by atoms with Crippen LogP contribution in [0.5, 0.6) is 0 Å². The Morgan fingerprint density at radius 2 is 1.95 bits per heavy atom. The Balaban J connectivity index is 2.24. The molecule has 1 aliphatic carbocycles. The van der Waals surface area contributed by atoms with Crippen molar-refractivity contribution in [3.8, 4) is 0 Å². The standard InChI is InChI=1S/C15H23N3O2S/c1-14(2,3)17-12(20)18(6)13-16-9-7-15(4,5)8-10(19)11(9)21-13/h7-8H2,1-6H3,(H,17,20). The molecule has 0 bridgehead atoms. The number of nitrogens with zero attached hydrogens (tertiary/aromatic N) is 2. The lowest BCUT2D eigenvalue weighted by molar-refractivity contribution is 0.0916. The summed E-state index contributed by atoms with van der Waals surface area (Å²) < 4.78 is 0. The molecule has 6 heteroatoms. The molecule has 2 amide bonds. The molecule has 0 spiro atoms. The van der Waals surface area contributed by atoms with E-state index in [0.29, 0.717) is 16.4 Å². The number of hydrogen-bond acceptors (Lipinski definition) is 4. The van der Waals surface area contributed by atoms with Crippen molar-refractivity contribution >= 4 is 28.3 Å². The van der Waals surface area contributed by atoms with Gasteiger partial charge in [-0.1, -0.05) is 25.2 Å². The number of urea groups is 1. The molecule has 5 nitrogen and oxygen atoms in total. The van der Waals surface area contributed by atoms with Crippen molar-refractivity contribution in [3.63, 3.8) is 0 Å². The minimum atomic E-state index is -0.306. The lowest BCUT2D eigenvalue weighted by atomic mass is 9.78. The quantitative estimate of drug-likeness (QED) is 0.866. The zero-order valence-electron chi connectivity index (χ0n) is 13.5. The number of carbonyl (C=O) groups is 2. The molecule has 1 aliphatic rings. The van der Waals surface area contributed by atoms with Crippen molar-refractivity contribution in [1.82, 2.24) is 10.3 Å². The summed E-state index contributed by atoms with van der Waals surface area (Å²) in [5, 5.41) is 3.47. The van der Waals surface area contributed by atoms with Gasteiger partial charge in [0.05, 0.1) is 10.6 Å². The van der Waals surface area contributed by atoms with E-state index in [9.17, 15) is 9.59 Å². The maximum absolute atomic E-state index is 12.2. The molecule has 0 aromatic carbocycles. The van der Waals surface area contributed by atoms with E-state index in [1.165, 1.54) is 16.2 Å². The van der Waals surface area contributed by atoms with Gasteiger partial charge >= 0.3 is 6.03 Å². The first-order valence-corrected chi connectivity index (χ1v) is 7.89. The van der Waals surface area contributed by atoms with Gasteiger partial charge in [0.25, 0.3) is 0 Å². The van der Waals surface area contributed by atoms with E-state index < -0.39 is 0 Å². The topological polar surface area (TPSA) is 62.3 Å². The van der Waals surface area contributed by atoms with Gasteiger partial charge in [0.1, 0.15) is 0 Å². The maximum atomic E-state index is 12.2. The Morgan fingerprint density at radius 3 is 2.52 bits per heavy atom. The van der Waals surface area contributed by atoms with Crippen LogP contribution in [0.2, 0.25) is 0 Å². The normalized spacial score (nSPS) is 17.3. The highest BCUT2D eigenvalue weighted by molar-refractivity contribution is 7.17. The smallest absolute Gasteiger partial charge is 0.323 e. The molecule has 21 heavy (non-hydrogen) atoms. The van der Waals surface area contributed by atoms with Gasteiger partial charge < -0.3 is 5.32 Å². The number of fused-ring (bicyclic) bond motifs is 1. The summed E-state index contributed by atoms with van der Waals surface area (Å²) in [4.78, 5) is 31.1. The van der Waals surface area contributed by atoms with Crippen molar-refractivity contribution in [1.29, 1.82) is 0 Å². The minimum Gasteiger partial charge on any atom is -0.333 e. The molecule has 0 saturated heterocycles. The minimum absolute atomic E-state index is 0.0539. The zero-order chi connectivity index (χ0) is 16.0. The van der Waals surface area contributed by atoms with Gasteiger partial charge in [-0.3, -0.25) is 9.69 Å². The summed E-state index contributed by atoms with van der Waals surface area (Å²) in [6.45, 7) is 9.93. The van der Waals surface area contributed by atoms with E-state index in [-0.39, 0.29) is 22.8 Å². The Labute approximate surface area is 129 Å². The van der Waals surface area contributed by atoms with Crippen LogP contribution in [0, 0.1) is 5.41 Å². The van der Waals surface area contributed by atoms with Crippen LogP contribution in [0.1, 0.15) is 56.4 Å². The third-order valence-corrected chi connectivity index (χ3v) is 4.51. The number of Topliss-reactive ketones (excluding diaryl/α,β-unsaturated/α-hetero) is 1. The van der Waals surface area contributed by atoms with Crippen molar-refractivity contribution in [3.05, 3.63) is 10.6 Å². The number of thiazole rings is 1. The number of ketones is 1. The summed E-state index contributed by atoms with van der Waals surface area (Å²) in [6.07, 6.45) is 1.32. The lowest BCUT2D eigenvalue weighted by Crippen LogP contribution is -2.47. The van der Waals surface area contributed by atoms with Crippen LogP contribution in [0.15, 0.2) is 0 Å². The summed E-state index contributed by atoms with van der Waals surface area (Å²) in [5.74, 6) is 0.134. The predicted molar refractivity (Wildman–Crippen MR) is 85.2 cm³/mol. The Hall–Kier alpha value is -1.43. The highest BCUT2D eigenvalue weighted by Gasteiger charge is 2.34. The van der Waals surface area contributed by atoms with Crippen LogP contribution in [-0.2, 0) is 6.42 Å². The van der Waals surface area contributed by atoms with Crippen LogP contribution in [0.4, 0.5) is 9.93 Å². The Kier molecular flexibility index (Phi) is 3.86. The molecule has 1 aromatic rings. The molecule has 0 unspecified atom stereocenters. The molecule has 0 aliphatic heterocycles. The van der Waals surface area contributed by atoms with E-state index >= 15 is 0 Å². The van der Waals surface area contributed by atoms with Gasteiger partial charge in [0, 0.05) is 19.0 Å². The van der Waals surface area contributed by atoms with Gasteiger partial charge in [-0.2, -0.15) is 0 Å². The van der Waals surface area contributed by atoms with Crippen LogP contribution in [0.25, 0.3) is 0 Å². The molecule has 0 atom stereocenters. The number of hydrogen-bond donors (Lipinski definition) is 1. The molecule has 0 saturated carbocycles. The van der Waals surface area contributed by atoms with Crippen molar-refractivity contribution in [2.24, 2.45) is 5.41 Å². The van der Waals surface area contributed by atoms with Crippen LogP contribution in [-0.4, -0.2) is 29.4 Å².